The van der Waals surface area contributed by atoms with Crippen LogP contribution in [0, 0.1) is 0 Å². The molecule has 18 heavy (non-hydrogen) atoms. The summed E-state index contributed by atoms with van der Waals surface area (Å²) in [5.74, 6) is 0. The fourth-order valence-electron chi connectivity index (χ4n) is 1.92. The second kappa shape index (κ2) is 6.37. The van der Waals surface area contributed by atoms with E-state index in [4.69, 9.17) is 11.6 Å². The molecule has 0 radical (unpaired) electrons. The van der Waals surface area contributed by atoms with Gasteiger partial charge in [0.25, 0.3) is 0 Å². The molecule has 0 aliphatic carbocycles. The van der Waals surface area contributed by atoms with E-state index in [0.717, 1.165) is 28.1 Å². The molecule has 3 heteroatoms. The highest BCUT2D eigenvalue weighted by atomic mass is 79.9. The number of hydrogen-bond acceptors (Lipinski definition) is 1. The predicted molar refractivity (Wildman–Crippen MR) is 80.8 cm³/mol. The Labute approximate surface area is 122 Å². The van der Waals surface area contributed by atoms with Crippen molar-refractivity contribution in [2.24, 2.45) is 0 Å². The van der Waals surface area contributed by atoms with Crippen molar-refractivity contribution in [1.82, 2.24) is 4.90 Å². The first-order valence-electron chi connectivity index (χ1n) is 5.81. The van der Waals surface area contributed by atoms with Crippen LogP contribution in [0.15, 0.2) is 53.0 Å². The van der Waals surface area contributed by atoms with Gasteiger partial charge in [0.05, 0.1) is 0 Å². The van der Waals surface area contributed by atoms with Crippen molar-refractivity contribution >= 4 is 27.5 Å². The molecule has 0 saturated heterocycles. The van der Waals surface area contributed by atoms with Crippen LogP contribution in [0.1, 0.15) is 11.1 Å². The molecule has 0 spiro atoms. The maximum absolute atomic E-state index is 6.16. The molecule has 0 unspecified atom stereocenters. The van der Waals surface area contributed by atoms with Crippen LogP contribution in [0.25, 0.3) is 0 Å². The molecule has 0 fully saturated rings. The minimum Gasteiger partial charge on any atom is -0.298 e. The van der Waals surface area contributed by atoms with E-state index < -0.39 is 0 Å². The third-order valence-electron chi connectivity index (χ3n) is 2.74. The van der Waals surface area contributed by atoms with Gasteiger partial charge in [-0.15, -0.1) is 0 Å². The fourth-order valence-corrected chi connectivity index (χ4v) is 2.56. The van der Waals surface area contributed by atoms with E-state index in [-0.39, 0.29) is 0 Å². The molecule has 2 aromatic carbocycles. The normalized spacial score (nSPS) is 10.9. The number of halogens is 2. The van der Waals surface area contributed by atoms with Gasteiger partial charge in [-0.05, 0) is 36.4 Å². The molecule has 0 aliphatic heterocycles. The van der Waals surface area contributed by atoms with Gasteiger partial charge in [0, 0.05) is 22.6 Å². The summed E-state index contributed by atoms with van der Waals surface area (Å²) >= 11 is 9.65. The molecule has 0 heterocycles. The highest BCUT2D eigenvalue weighted by Crippen LogP contribution is 2.18. The largest absolute Gasteiger partial charge is 0.298 e. The Morgan fingerprint density at radius 2 is 1.83 bits per heavy atom. The molecule has 0 aliphatic rings. The Morgan fingerprint density at radius 3 is 2.56 bits per heavy atom. The fraction of sp³-hybridized carbons (Fsp3) is 0.200. The van der Waals surface area contributed by atoms with Crippen LogP contribution in [0.4, 0.5) is 0 Å². The minimum atomic E-state index is 0.832. The second-order valence-electron chi connectivity index (χ2n) is 4.39. The SMILES string of the molecule is CN(Cc1cccc(Br)c1)Cc1ccccc1Cl. The highest BCUT2D eigenvalue weighted by molar-refractivity contribution is 9.10. The van der Waals surface area contributed by atoms with E-state index >= 15 is 0 Å². The monoisotopic (exact) mass is 323 g/mol. The first kappa shape index (κ1) is 13.6. The molecule has 0 atom stereocenters. The Bertz CT molecular complexity index is 527. The van der Waals surface area contributed by atoms with Gasteiger partial charge in [-0.2, -0.15) is 0 Å². The van der Waals surface area contributed by atoms with Gasteiger partial charge in [-0.3, -0.25) is 4.90 Å². The van der Waals surface area contributed by atoms with Gasteiger partial charge >= 0.3 is 0 Å². The standard InChI is InChI=1S/C15H15BrClN/c1-18(10-12-5-4-7-14(16)9-12)11-13-6-2-3-8-15(13)17/h2-9H,10-11H2,1H3. The molecule has 0 aromatic heterocycles. The third kappa shape index (κ3) is 3.84. The smallest absolute Gasteiger partial charge is 0.0451 e. The van der Waals surface area contributed by atoms with Crippen molar-refractivity contribution in [1.29, 1.82) is 0 Å². The number of benzene rings is 2. The quantitative estimate of drug-likeness (QED) is 0.785. The van der Waals surface area contributed by atoms with Gasteiger partial charge in [0.1, 0.15) is 0 Å². The van der Waals surface area contributed by atoms with Crippen LogP contribution >= 0.6 is 27.5 Å². The maximum Gasteiger partial charge on any atom is 0.0451 e. The van der Waals surface area contributed by atoms with Crippen LogP contribution in [0.2, 0.25) is 5.02 Å². The molecule has 0 N–H and O–H groups in total. The zero-order chi connectivity index (χ0) is 13.0. The molecule has 2 rings (SSSR count). The summed E-state index contributed by atoms with van der Waals surface area (Å²) < 4.78 is 1.12. The van der Waals surface area contributed by atoms with Crippen molar-refractivity contribution in [3.63, 3.8) is 0 Å². The van der Waals surface area contributed by atoms with Gasteiger partial charge in [-0.1, -0.05) is 57.9 Å². The molecule has 0 bridgehead atoms. The van der Waals surface area contributed by atoms with E-state index in [0.29, 0.717) is 0 Å². The van der Waals surface area contributed by atoms with E-state index in [1.807, 2.05) is 24.3 Å². The van der Waals surface area contributed by atoms with Crippen LogP contribution in [-0.2, 0) is 13.1 Å². The Morgan fingerprint density at radius 1 is 1.06 bits per heavy atom. The van der Waals surface area contributed by atoms with Gasteiger partial charge in [0.2, 0.25) is 0 Å². The van der Waals surface area contributed by atoms with Crippen molar-refractivity contribution in [2.45, 2.75) is 13.1 Å². The molecular weight excluding hydrogens is 310 g/mol. The lowest BCUT2D eigenvalue weighted by atomic mass is 10.2. The number of nitrogens with zero attached hydrogens (tertiary/aromatic N) is 1. The lowest BCUT2D eigenvalue weighted by Gasteiger charge is -2.17. The second-order valence-corrected chi connectivity index (χ2v) is 5.72. The summed E-state index contributed by atoms with van der Waals surface area (Å²) in [4.78, 5) is 2.25. The first-order valence-corrected chi connectivity index (χ1v) is 6.98. The van der Waals surface area contributed by atoms with Gasteiger partial charge < -0.3 is 0 Å². The summed E-state index contributed by atoms with van der Waals surface area (Å²) in [6, 6.07) is 16.4. The molecular formula is C15H15BrClN. The zero-order valence-corrected chi connectivity index (χ0v) is 12.6. The highest BCUT2D eigenvalue weighted by Gasteiger charge is 2.04. The Balaban J connectivity index is 2.01. The minimum absolute atomic E-state index is 0.832. The summed E-state index contributed by atoms with van der Waals surface area (Å²) in [6.45, 7) is 1.76. The predicted octanol–water partition coefficient (Wildman–Crippen LogP) is 4.73. The van der Waals surface area contributed by atoms with Crippen molar-refractivity contribution < 1.29 is 0 Å². The van der Waals surface area contributed by atoms with Crippen molar-refractivity contribution in [3.8, 4) is 0 Å². The Kier molecular flexibility index (Phi) is 4.81. The van der Waals surface area contributed by atoms with Crippen molar-refractivity contribution in [3.05, 3.63) is 69.2 Å². The van der Waals surface area contributed by atoms with Crippen LogP contribution < -0.4 is 0 Å². The lowest BCUT2D eigenvalue weighted by molar-refractivity contribution is 0.319. The number of rotatable bonds is 4. The van der Waals surface area contributed by atoms with Crippen molar-refractivity contribution in [2.75, 3.05) is 7.05 Å². The molecule has 0 amide bonds. The molecule has 0 saturated carbocycles. The molecule has 94 valence electrons. The van der Waals surface area contributed by atoms with Crippen LogP contribution in [0.5, 0.6) is 0 Å². The molecule has 1 nitrogen and oxygen atoms in total. The summed E-state index contributed by atoms with van der Waals surface area (Å²) in [6.07, 6.45) is 0. The summed E-state index contributed by atoms with van der Waals surface area (Å²) in [5, 5.41) is 0.832. The van der Waals surface area contributed by atoms with Gasteiger partial charge in [-0.25, -0.2) is 0 Å². The zero-order valence-electron chi connectivity index (χ0n) is 10.2. The van der Waals surface area contributed by atoms with Gasteiger partial charge in [0.15, 0.2) is 0 Å². The molecule has 2 aromatic rings. The van der Waals surface area contributed by atoms with E-state index in [1.54, 1.807) is 0 Å². The van der Waals surface area contributed by atoms with Crippen LogP contribution in [-0.4, -0.2) is 11.9 Å². The number of hydrogen-bond donors (Lipinski definition) is 0. The van der Waals surface area contributed by atoms with Crippen LogP contribution in [0.3, 0.4) is 0 Å². The van der Waals surface area contributed by atoms with E-state index in [1.165, 1.54) is 5.56 Å². The maximum atomic E-state index is 6.16. The summed E-state index contributed by atoms with van der Waals surface area (Å²) in [5.41, 5.74) is 2.45. The average molecular weight is 325 g/mol. The average Bonchev–Trinajstić information content (AvgIpc) is 2.32. The van der Waals surface area contributed by atoms with E-state index in [9.17, 15) is 0 Å². The first-order chi connectivity index (χ1) is 8.65. The third-order valence-corrected chi connectivity index (χ3v) is 3.60. The topological polar surface area (TPSA) is 3.24 Å². The lowest BCUT2D eigenvalue weighted by Crippen LogP contribution is -2.17. The summed E-state index contributed by atoms with van der Waals surface area (Å²) in [7, 11) is 2.10. The Hall–Kier alpha value is -0.830. The van der Waals surface area contributed by atoms with E-state index in [2.05, 4.69) is 52.1 Å².